The van der Waals surface area contributed by atoms with E-state index >= 15 is 0 Å². The van der Waals surface area contributed by atoms with Gasteiger partial charge in [-0.05, 0) is 19.4 Å². The summed E-state index contributed by atoms with van der Waals surface area (Å²) in [5, 5.41) is 11.5. The molecule has 0 aromatic heterocycles. The Bertz CT molecular complexity index is 232. The molecule has 129 valence electrons. The summed E-state index contributed by atoms with van der Waals surface area (Å²) in [6.45, 7) is 1.90. The molecule has 0 unspecified atom stereocenters. The summed E-state index contributed by atoms with van der Waals surface area (Å²) in [6, 6.07) is 0. The second-order valence-corrected chi connectivity index (χ2v) is 3.76. The van der Waals surface area contributed by atoms with Crippen molar-refractivity contribution in [1.82, 2.24) is 10.8 Å². The van der Waals surface area contributed by atoms with E-state index in [2.05, 4.69) is 16.7 Å². The minimum atomic E-state index is -3.08. The Labute approximate surface area is 155 Å². The van der Waals surface area contributed by atoms with Crippen LogP contribution in [-0.4, -0.2) is 51.3 Å². The summed E-state index contributed by atoms with van der Waals surface area (Å²) in [4.78, 5) is 0. The molecule has 0 fully saturated rings. The average molecular weight is 402 g/mol. The molecule has 9 heteroatoms. The van der Waals surface area contributed by atoms with E-state index in [1.807, 2.05) is 0 Å². The minimum absolute atomic E-state index is 0. The zero-order chi connectivity index (χ0) is 16.2. The van der Waals surface area contributed by atoms with E-state index in [9.17, 15) is 13.2 Å². The van der Waals surface area contributed by atoms with E-state index in [-0.39, 0.29) is 32.7 Å². The van der Waals surface area contributed by atoms with Gasteiger partial charge >= 0.3 is 0 Å². The first-order valence-electron chi connectivity index (χ1n) is 6.65. The predicted molar refractivity (Wildman–Crippen MR) is 73.5 cm³/mol. The van der Waals surface area contributed by atoms with E-state index in [0.717, 1.165) is 39.0 Å². The van der Waals surface area contributed by atoms with Crippen LogP contribution in [0.2, 0.25) is 0 Å². The van der Waals surface area contributed by atoms with Gasteiger partial charge in [0.15, 0.2) is 6.68 Å². The molecule has 0 amide bonds. The zero-order valence-corrected chi connectivity index (χ0v) is 15.5. The molecule has 0 saturated heterocycles. The fourth-order valence-corrected chi connectivity index (χ4v) is 1.16. The van der Waals surface area contributed by atoms with Crippen molar-refractivity contribution in [3.8, 4) is 12.3 Å². The van der Waals surface area contributed by atoms with Gasteiger partial charge < -0.3 is 33.2 Å². The van der Waals surface area contributed by atoms with Crippen LogP contribution in [0, 0.1) is 19.0 Å². The monoisotopic (exact) mass is 402 g/mol. The van der Waals surface area contributed by atoms with Gasteiger partial charge in [0.1, 0.15) is 0 Å². The molecule has 22 heavy (non-hydrogen) atoms. The minimum Gasteiger partial charge on any atom is -0.385 e. The first-order valence-corrected chi connectivity index (χ1v) is 6.65. The second kappa shape index (κ2) is 26.2. The maximum Gasteiger partial charge on any atom is 0.154 e. The van der Waals surface area contributed by atoms with E-state index in [0.29, 0.717) is 26.4 Å². The van der Waals surface area contributed by atoms with Crippen LogP contribution in [0.25, 0.3) is 0 Å². The average Bonchev–Trinajstić information content (AvgIpc) is 2.43. The molecular weight excluding hydrogens is 378 g/mol. The van der Waals surface area contributed by atoms with Crippen molar-refractivity contribution < 1.29 is 60.6 Å². The molecule has 5 nitrogen and oxygen atoms in total. The Balaban J connectivity index is -0.000000640. The van der Waals surface area contributed by atoms with Crippen molar-refractivity contribution >= 4 is 0 Å². The third kappa shape index (κ3) is 37.0. The normalized spacial score (nSPS) is 9.64. The largest absolute Gasteiger partial charge is 0.385 e. The summed E-state index contributed by atoms with van der Waals surface area (Å²) >= 11 is 0. The molecule has 0 atom stereocenters. The topological polar surface area (TPSA) is 62.8 Å². The summed E-state index contributed by atoms with van der Waals surface area (Å²) in [7, 11) is 0. The van der Waals surface area contributed by atoms with E-state index < -0.39 is 6.68 Å². The van der Waals surface area contributed by atoms with Crippen molar-refractivity contribution in [1.29, 1.82) is 0 Å². The Morgan fingerprint density at radius 2 is 1.45 bits per heavy atom. The van der Waals surface area contributed by atoms with Gasteiger partial charge in [0.2, 0.25) is 0 Å². The van der Waals surface area contributed by atoms with Gasteiger partial charge in [-0.25, -0.2) is 5.48 Å². The summed E-state index contributed by atoms with van der Waals surface area (Å²) in [5.41, 5.74) is 2.08. The molecule has 0 aliphatic heterocycles. The molecule has 3 N–H and O–H groups in total. The number of hydrogen-bond donors (Lipinski definition) is 3. The van der Waals surface area contributed by atoms with Gasteiger partial charge in [0.05, 0.1) is 13.2 Å². The molecule has 0 aromatic rings. The number of terminal acetylenes is 1. The standard InChI is InChI=1S/C12H24N2O3.CF3.Y/c1-2-3-6-13-7-4-9-16-11-12-17-10-5-8-14-15;2-1(3)4;/h1,13-15H,3-12H2;;/q;-1;. The number of halogens is 3. The smallest absolute Gasteiger partial charge is 0.154 e. The van der Waals surface area contributed by atoms with Crippen LogP contribution >= 0.6 is 0 Å². The van der Waals surface area contributed by atoms with Crippen LogP contribution in [-0.2, 0) is 42.2 Å². The molecule has 0 heterocycles. The quantitative estimate of drug-likeness (QED) is 0.190. The van der Waals surface area contributed by atoms with E-state index in [1.165, 1.54) is 0 Å². The van der Waals surface area contributed by atoms with Gasteiger partial charge in [-0.2, -0.15) is 0 Å². The van der Waals surface area contributed by atoms with Crippen molar-refractivity contribution in [2.75, 3.05) is 46.1 Å². The Kier molecular flexibility index (Phi) is 32.3. The number of nitrogens with one attached hydrogen (secondary N) is 2. The number of ether oxygens (including phenoxy) is 2. The Hall–Kier alpha value is 0.254. The van der Waals surface area contributed by atoms with Crippen LogP contribution in [0.4, 0.5) is 13.2 Å². The molecular formula is C13H24F3N2O3Y-. The van der Waals surface area contributed by atoms with Crippen LogP contribution in [0.1, 0.15) is 19.3 Å². The molecule has 0 aliphatic carbocycles. The summed E-state index contributed by atoms with van der Waals surface area (Å²) in [5.74, 6) is 2.58. The molecule has 0 aromatic carbocycles. The third-order valence-electron chi connectivity index (χ3n) is 2.04. The predicted octanol–water partition coefficient (Wildman–Crippen LogP) is 1.73. The first-order chi connectivity index (χ1) is 10.1. The molecule has 0 bridgehead atoms. The molecule has 1 radical (unpaired) electrons. The van der Waals surface area contributed by atoms with E-state index in [4.69, 9.17) is 21.1 Å². The maximum absolute atomic E-state index is 9.58. The summed E-state index contributed by atoms with van der Waals surface area (Å²) < 4.78 is 39.4. The van der Waals surface area contributed by atoms with Crippen LogP contribution < -0.4 is 10.8 Å². The maximum atomic E-state index is 9.58. The first kappa shape index (κ1) is 27.1. The number of hydroxylamine groups is 1. The van der Waals surface area contributed by atoms with Crippen molar-refractivity contribution in [3.05, 3.63) is 6.68 Å². The number of rotatable bonds is 13. The van der Waals surface area contributed by atoms with Crippen LogP contribution in [0.15, 0.2) is 0 Å². The SMILES string of the molecule is C#CCCNCCCOCCOCCCNO.F[C-](F)F.[Y]. The fraction of sp³-hybridized carbons (Fsp3) is 0.769. The Morgan fingerprint density at radius 3 is 1.91 bits per heavy atom. The van der Waals surface area contributed by atoms with Gasteiger partial charge in [-0.3, -0.25) is 0 Å². The van der Waals surface area contributed by atoms with Crippen molar-refractivity contribution in [2.24, 2.45) is 0 Å². The molecule has 0 saturated carbocycles. The van der Waals surface area contributed by atoms with Crippen molar-refractivity contribution in [3.63, 3.8) is 0 Å². The van der Waals surface area contributed by atoms with Gasteiger partial charge in [-0.1, -0.05) is 0 Å². The summed E-state index contributed by atoms with van der Waals surface area (Å²) in [6.07, 6.45) is 7.68. The molecule has 0 rings (SSSR count). The number of hydrogen-bond acceptors (Lipinski definition) is 5. The van der Waals surface area contributed by atoms with Gasteiger partial charge in [0.25, 0.3) is 0 Å². The fourth-order valence-electron chi connectivity index (χ4n) is 1.16. The zero-order valence-electron chi connectivity index (χ0n) is 12.6. The van der Waals surface area contributed by atoms with Crippen molar-refractivity contribution in [2.45, 2.75) is 19.3 Å². The van der Waals surface area contributed by atoms with Gasteiger partial charge in [-0.15, -0.1) is 12.3 Å². The van der Waals surface area contributed by atoms with Gasteiger partial charge in [0, 0.05) is 65.4 Å². The second-order valence-electron chi connectivity index (χ2n) is 3.76. The third-order valence-corrected chi connectivity index (χ3v) is 2.04. The molecule has 0 aliphatic rings. The van der Waals surface area contributed by atoms with E-state index in [1.54, 1.807) is 0 Å². The van der Waals surface area contributed by atoms with Crippen LogP contribution in [0.5, 0.6) is 0 Å². The molecule has 0 spiro atoms. The Morgan fingerprint density at radius 1 is 0.955 bits per heavy atom. The van der Waals surface area contributed by atoms with Crippen LogP contribution in [0.3, 0.4) is 0 Å².